The fourth-order valence-electron chi connectivity index (χ4n) is 1.65. The molecule has 84 valence electrons. The number of hydrogen-bond donors (Lipinski definition) is 0. The summed E-state index contributed by atoms with van der Waals surface area (Å²) in [7, 11) is 0. The van der Waals surface area contributed by atoms with Gasteiger partial charge in [0, 0.05) is 6.42 Å². The zero-order valence-electron chi connectivity index (χ0n) is 10.3. The Morgan fingerprint density at radius 1 is 1.47 bits per heavy atom. The quantitative estimate of drug-likeness (QED) is 0.631. The summed E-state index contributed by atoms with van der Waals surface area (Å²) >= 11 is 0. The molecule has 0 aliphatic heterocycles. The van der Waals surface area contributed by atoms with E-state index in [1.807, 2.05) is 13.0 Å². The van der Waals surface area contributed by atoms with Crippen LogP contribution in [0, 0.1) is 0 Å². The molecule has 0 fully saturated rings. The lowest BCUT2D eigenvalue weighted by atomic mass is 9.87. The summed E-state index contributed by atoms with van der Waals surface area (Å²) in [6.07, 6.45) is 10.3. The molecule has 15 heavy (non-hydrogen) atoms. The minimum Gasteiger partial charge on any atom is -0.360 e. The summed E-state index contributed by atoms with van der Waals surface area (Å²) < 4.78 is 6.24. The number of hydrogen-bond acceptors (Lipinski definition) is 1. The third-order valence-electron chi connectivity index (χ3n) is 3.07. The Bertz CT molecular complexity index is 296. The first-order valence-corrected chi connectivity index (χ1v) is 5.62. The van der Waals surface area contributed by atoms with E-state index in [0.717, 1.165) is 18.4 Å². The number of allylic oxidation sites excluding steroid dienone is 2. The molecule has 1 atom stereocenters. The van der Waals surface area contributed by atoms with Crippen molar-refractivity contribution >= 4 is 0 Å². The molecular weight excluding hydrogens is 184 g/mol. The van der Waals surface area contributed by atoms with Crippen LogP contribution in [0.3, 0.4) is 0 Å². The molecule has 0 aromatic carbocycles. The molecule has 0 saturated heterocycles. The highest BCUT2D eigenvalue weighted by Gasteiger charge is 2.34. The maximum atomic E-state index is 6.24. The van der Waals surface area contributed by atoms with Gasteiger partial charge in [-0.2, -0.15) is 0 Å². The van der Waals surface area contributed by atoms with Crippen molar-refractivity contribution in [2.45, 2.75) is 51.7 Å². The lowest BCUT2D eigenvalue weighted by Crippen LogP contribution is -2.40. The van der Waals surface area contributed by atoms with Crippen LogP contribution in [0.1, 0.15) is 40.5 Å². The topological polar surface area (TPSA) is 9.23 Å². The zero-order valence-corrected chi connectivity index (χ0v) is 10.3. The van der Waals surface area contributed by atoms with Gasteiger partial charge >= 0.3 is 0 Å². The first kappa shape index (κ1) is 12.3. The molecule has 0 heterocycles. The van der Waals surface area contributed by atoms with Crippen LogP contribution in [-0.4, -0.2) is 11.2 Å². The van der Waals surface area contributed by atoms with Crippen LogP contribution in [-0.2, 0) is 4.74 Å². The lowest BCUT2D eigenvalue weighted by Gasteiger charge is -2.39. The largest absolute Gasteiger partial charge is 0.360 e. The minimum absolute atomic E-state index is 0.103. The van der Waals surface area contributed by atoms with Crippen molar-refractivity contribution in [3.05, 3.63) is 36.5 Å². The van der Waals surface area contributed by atoms with Crippen molar-refractivity contribution in [3.8, 4) is 0 Å². The van der Waals surface area contributed by atoms with Crippen LogP contribution >= 0.6 is 0 Å². The Labute approximate surface area is 93.5 Å². The Morgan fingerprint density at radius 2 is 2.13 bits per heavy atom. The van der Waals surface area contributed by atoms with Gasteiger partial charge in [0.2, 0.25) is 0 Å². The maximum absolute atomic E-state index is 6.24. The van der Waals surface area contributed by atoms with Crippen molar-refractivity contribution in [1.29, 1.82) is 0 Å². The molecule has 1 nitrogen and oxygen atoms in total. The van der Waals surface area contributed by atoms with Crippen LogP contribution in [0.25, 0.3) is 0 Å². The molecular formula is C14H22O. The smallest absolute Gasteiger partial charge is 0.111 e. The van der Waals surface area contributed by atoms with E-state index in [0.29, 0.717) is 0 Å². The predicted octanol–water partition coefficient (Wildman–Crippen LogP) is 4.02. The van der Waals surface area contributed by atoms with Crippen molar-refractivity contribution in [1.82, 2.24) is 0 Å². The van der Waals surface area contributed by atoms with Crippen molar-refractivity contribution in [2.24, 2.45) is 0 Å². The highest BCUT2D eigenvalue weighted by atomic mass is 16.5. The molecule has 1 rings (SSSR count). The van der Waals surface area contributed by atoms with Crippen molar-refractivity contribution < 1.29 is 4.74 Å². The lowest BCUT2D eigenvalue weighted by molar-refractivity contribution is -0.0967. The molecule has 1 unspecified atom stereocenters. The van der Waals surface area contributed by atoms with Gasteiger partial charge in [0.25, 0.3) is 0 Å². The molecule has 0 N–H and O–H groups in total. The monoisotopic (exact) mass is 206 g/mol. The summed E-state index contributed by atoms with van der Waals surface area (Å²) in [5.41, 5.74) is 0.674. The van der Waals surface area contributed by atoms with Gasteiger partial charge in [-0.05, 0) is 38.8 Å². The van der Waals surface area contributed by atoms with Crippen LogP contribution < -0.4 is 0 Å². The van der Waals surface area contributed by atoms with Gasteiger partial charge in [-0.3, -0.25) is 0 Å². The van der Waals surface area contributed by atoms with Gasteiger partial charge in [0.15, 0.2) is 0 Å². The normalized spacial score (nSPS) is 25.6. The molecule has 0 aromatic rings. The standard InChI is InChI=1S/C14H22O/c1-6-13(4,5)15-14(12(2)3)10-8-7-9-11-14/h7-10H,2,6,11H2,1,3-5H3. The molecule has 0 saturated carbocycles. The molecule has 1 aliphatic carbocycles. The molecule has 0 spiro atoms. The van der Waals surface area contributed by atoms with Crippen LogP contribution in [0.5, 0.6) is 0 Å². The number of ether oxygens (including phenoxy) is 1. The highest BCUT2D eigenvalue weighted by Crippen LogP contribution is 2.34. The molecule has 0 aromatic heterocycles. The van der Waals surface area contributed by atoms with Gasteiger partial charge < -0.3 is 4.74 Å². The first-order valence-electron chi connectivity index (χ1n) is 5.62. The van der Waals surface area contributed by atoms with E-state index in [1.54, 1.807) is 0 Å². The van der Waals surface area contributed by atoms with Crippen LogP contribution in [0.4, 0.5) is 0 Å². The summed E-state index contributed by atoms with van der Waals surface area (Å²) in [6.45, 7) is 12.5. The zero-order chi connectivity index (χ0) is 11.5. The second kappa shape index (κ2) is 4.36. The molecule has 0 amide bonds. The summed E-state index contributed by atoms with van der Waals surface area (Å²) in [5.74, 6) is 0. The molecule has 1 heteroatoms. The predicted molar refractivity (Wildman–Crippen MR) is 65.9 cm³/mol. The summed E-state index contributed by atoms with van der Waals surface area (Å²) in [5, 5.41) is 0. The van der Waals surface area contributed by atoms with Crippen LogP contribution in [0.15, 0.2) is 36.5 Å². The minimum atomic E-state index is -0.297. The molecule has 0 radical (unpaired) electrons. The van der Waals surface area contributed by atoms with E-state index in [9.17, 15) is 0 Å². The number of rotatable bonds is 4. The van der Waals surface area contributed by atoms with E-state index in [4.69, 9.17) is 4.74 Å². The van der Waals surface area contributed by atoms with Crippen molar-refractivity contribution in [3.63, 3.8) is 0 Å². The maximum Gasteiger partial charge on any atom is 0.111 e. The summed E-state index contributed by atoms with van der Waals surface area (Å²) in [6, 6.07) is 0. The van der Waals surface area contributed by atoms with E-state index >= 15 is 0 Å². The Kier molecular flexibility index (Phi) is 3.56. The van der Waals surface area contributed by atoms with E-state index < -0.39 is 0 Å². The van der Waals surface area contributed by atoms with Crippen molar-refractivity contribution in [2.75, 3.05) is 0 Å². The SMILES string of the molecule is C=C(C)C1(OC(C)(C)CC)C=CC=CC1. The first-order chi connectivity index (χ1) is 6.92. The Morgan fingerprint density at radius 3 is 2.53 bits per heavy atom. The average Bonchev–Trinajstić information content (AvgIpc) is 2.18. The third-order valence-corrected chi connectivity index (χ3v) is 3.07. The van der Waals surface area contributed by atoms with Gasteiger partial charge in [0.05, 0.1) is 5.60 Å². The second-order valence-electron chi connectivity index (χ2n) is 4.88. The Balaban J connectivity index is 2.89. The van der Waals surface area contributed by atoms with Gasteiger partial charge in [-0.1, -0.05) is 31.7 Å². The van der Waals surface area contributed by atoms with Gasteiger partial charge in [-0.15, -0.1) is 0 Å². The van der Waals surface area contributed by atoms with E-state index in [2.05, 4.69) is 45.6 Å². The fourth-order valence-corrected chi connectivity index (χ4v) is 1.65. The molecule has 0 bridgehead atoms. The fraction of sp³-hybridized carbons (Fsp3) is 0.571. The second-order valence-corrected chi connectivity index (χ2v) is 4.88. The summed E-state index contributed by atoms with van der Waals surface area (Å²) in [4.78, 5) is 0. The molecule has 1 aliphatic rings. The van der Waals surface area contributed by atoms with Gasteiger partial charge in [-0.25, -0.2) is 0 Å². The van der Waals surface area contributed by atoms with E-state index in [-0.39, 0.29) is 11.2 Å². The third kappa shape index (κ3) is 2.82. The van der Waals surface area contributed by atoms with Crippen LogP contribution in [0.2, 0.25) is 0 Å². The highest BCUT2D eigenvalue weighted by molar-refractivity contribution is 5.29. The average molecular weight is 206 g/mol. The Hall–Kier alpha value is -0.820. The van der Waals surface area contributed by atoms with E-state index in [1.165, 1.54) is 0 Å². The van der Waals surface area contributed by atoms with Gasteiger partial charge in [0.1, 0.15) is 5.60 Å².